The third-order valence-corrected chi connectivity index (χ3v) is 7.97. The average Bonchev–Trinajstić information content (AvgIpc) is 3.48. The molecule has 5 atom stereocenters. The Morgan fingerprint density at radius 1 is 1.36 bits per heavy atom. The summed E-state index contributed by atoms with van der Waals surface area (Å²) >= 11 is 0. The second-order valence-corrected chi connectivity index (χ2v) is 10.6. The van der Waals surface area contributed by atoms with Gasteiger partial charge in [0.25, 0.3) is 0 Å². The summed E-state index contributed by atoms with van der Waals surface area (Å²) in [6, 6.07) is 2.32. The standard InChI is InChI=1S/C20H27N6O6P/c1-4-28-15-13-14(24-18(22)25-15)26(11-23-13)17-19(2,9-21)16-20(3,30-17)10-29-33(27,32-16)31-12-7-5-6-8-12/h11-12,16-17H,4-8,10H2,1-3H3,(H2,22,24,25)/t16-,17+,19+,20?,33?/m0/s1. The van der Waals surface area contributed by atoms with Gasteiger partial charge in [0.15, 0.2) is 17.4 Å². The Hall–Kier alpha value is -2.29. The monoisotopic (exact) mass is 478 g/mol. The van der Waals surface area contributed by atoms with Crippen LogP contribution in [0.5, 0.6) is 5.88 Å². The van der Waals surface area contributed by atoms with E-state index in [4.69, 9.17) is 28.8 Å². The van der Waals surface area contributed by atoms with Crippen LogP contribution in [-0.4, -0.2) is 50.5 Å². The minimum absolute atomic E-state index is 0.00188. The number of imidazole rings is 1. The molecule has 0 spiro atoms. The van der Waals surface area contributed by atoms with Gasteiger partial charge in [-0.2, -0.15) is 15.2 Å². The average molecular weight is 478 g/mol. The Labute approximate surface area is 190 Å². The fourth-order valence-electron chi connectivity index (χ4n) is 4.91. The number of hydrogen-bond donors (Lipinski definition) is 1. The lowest BCUT2D eigenvalue weighted by Crippen LogP contribution is -2.50. The molecule has 0 bridgehead atoms. The number of nitrogen functional groups attached to an aromatic ring is 1. The maximum absolute atomic E-state index is 13.3. The van der Waals surface area contributed by atoms with Crippen LogP contribution in [0.4, 0.5) is 5.95 Å². The third-order valence-electron chi connectivity index (χ3n) is 6.50. The first-order chi connectivity index (χ1) is 15.7. The predicted octanol–water partition coefficient (Wildman–Crippen LogP) is 3.11. The summed E-state index contributed by atoms with van der Waals surface area (Å²) in [5.74, 6) is 0.245. The SMILES string of the molecule is CCOc1nc(N)nc2c1ncn2[C@@H]1OC2(C)COP(=O)(OC3CCCC3)O[C@H]2[C@@]1(C)C#N. The van der Waals surface area contributed by atoms with Crippen LogP contribution in [0.2, 0.25) is 0 Å². The summed E-state index contributed by atoms with van der Waals surface area (Å²) in [7, 11) is -3.87. The Morgan fingerprint density at radius 3 is 2.82 bits per heavy atom. The van der Waals surface area contributed by atoms with Gasteiger partial charge >= 0.3 is 7.82 Å². The Bertz CT molecular complexity index is 1160. The summed E-state index contributed by atoms with van der Waals surface area (Å²) < 4.78 is 44.1. The molecule has 4 heterocycles. The molecular weight excluding hydrogens is 451 g/mol. The number of anilines is 1. The zero-order valence-corrected chi connectivity index (χ0v) is 19.7. The first kappa shape index (κ1) is 22.5. The molecule has 2 saturated heterocycles. The minimum Gasteiger partial charge on any atom is -0.476 e. The summed E-state index contributed by atoms with van der Waals surface area (Å²) in [6.45, 7) is 5.60. The molecule has 2 aromatic rings. The topological polar surface area (TPSA) is 157 Å². The summed E-state index contributed by atoms with van der Waals surface area (Å²) in [6.07, 6.45) is 3.18. The molecule has 0 aromatic carbocycles. The van der Waals surface area contributed by atoms with E-state index in [-0.39, 0.29) is 24.5 Å². The van der Waals surface area contributed by atoms with E-state index in [0.29, 0.717) is 17.8 Å². The molecule has 13 heteroatoms. The second kappa shape index (κ2) is 7.89. The Morgan fingerprint density at radius 2 is 2.12 bits per heavy atom. The van der Waals surface area contributed by atoms with Crippen LogP contribution in [0, 0.1) is 16.7 Å². The zero-order chi connectivity index (χ0) is 23.4. The Kier molecular flexibility index (Phi) is 5.38. The van der Waals surface area contributed by atoms with Crippen molar-refractivity contribution in [3.8, 4) is 11.9 Å². The number of nitriles is 1. The quantitative estimate of drug-likeness (QED) is 0.630. The molecule has 33 heavy (non-hydrogen) atoms. The van der Waals surface area contributed by atoms with Crippen LogP contribution in [0.3, 0.4) is 0 Å². The van der Waals surface area contributed by atoms with Crippen LogP contribution >= 0.6 is 7.82 Å². The third kappa shape index (κ3) is 3.59. The molecule has 2 aromatic heterocycles. The van der Waals surface area contributed by atoms with E-state index in [9.17, 15) is 9.83 Å². The van der Waals surface area contributed by atoms with Crippen molar-refractivity contribution in [3.63, 3.8) is 0 Å². The zero-order valence-electron chi connectivity index (χ0n) is 18.8. The number of phosphoric ester groups is 1. The first-order valence-corrected chi connectivity index (χ1v) is 12.5. The van der Waals surface area contributed by atoms with E-state index >= 15 is 0 Å². The fourth-order valence-corrected chi connectivity index (χ4v) is 6.77. The lowest BCUT2D eigenvalue weighted by Gasteiger charge is -2.40. The smallest absolute Gasteiger partial charge is 0.475 e. The molecule has 2 unspecified atom stereocenters. The molecular formula is C20H27N6O6P. The lowest BCUT2D eigenvalue weighted by atomic mass is 9.79. The van der Waals surface area contributed by atoms with Gasteiger partial charge in [0.2, 0.25) is 11.8 Å². The maximum atomic E-state index is 13.3. The maximum Gasteiger partial charge on any atom is 0.475 e. The highest BCUT2D eigenvalue weighted by molar-refractivity contribution is 7.48. The molecule has 1 saturated carbocycles. The molecule has 2 N–H and O–H groups in total. The number of fused-ring (bicyclic) bond motifs is 2. The summed E-state index contributed by atoms with van der Waals surface area (Å²) in [5.41, 5.74) is 4.31. The van der Waals surface area contributed by atoms with Crippen molar-refractivity contribution in [2.24, 2.45) is 5.41 Å². The van der Waals surface area contributed by atoms with Crippen molar-refractivity contribution in [1.29, 1.82) is 5.26 Å². The van der Waals surface area contributed by atoms with Crippen LogP contribution in [0.15, 0.2) is 6.33 Å². The Balaban J connectivity index is 1.52. The predicted molar refractivity (Wildman–Crippen MR) is 115 cm³/mol. The van der Waals surface area contributed by atoms with Gasteiger partial charge in [-0.25, -0.2) is 9.55 Å². The number of aromatic nitrogens is 4. The number of phosphoric acid groups is 1. The van der Waals surface area contributed by atoms with E-state index in [1.165, 1.54) is 6.33 Å². The normalized spacial score (nSPS) is 36.7. The number of nitrogens with two attached hydrogens (primary N) is 1. The molecule has 178 valence electrons. The number of ether oxygens (including phenoxy) is 2. The van der Waals surface area contributed by atoms with E-state index in [2.05, 4.69) is 21.0 Å². The van der Waals surface area contributed by atoms with Crippen molar-refractivity contribution >= 4 is 24.9 Å². The first-order valence-electron chi connectivity index (χ1n) is 11.0. The van der Waals surface area contributed by atoms with Gasteiger partial charge < -0.3 is 15.2 Å². The van der Waals surface area contributed by atoms with Gasteiger partial charge in [0, 0.05) is 0 Å². The molecule has 1 aliphatic carbocycles. The van der Waals surface area contributed by atoms with Crippen molar-refractivity contribution in [2.75, 3.05) is 18.9 Å². The molecule has 0 amide bonds. The molecule has 0 radical (unpaired) electrons. The largest absolute Gasteiger partial charge is 0.476 e. The highest BCUT2D eigenvalue weighted by Crippen LogP contribution is 2.65. The summed E-state index contributed by atoms with van der Waals surface area (Å²) in [4.78, 5) is 12.8. The molecule has 12 nitrogen and oxygen atoms in total. The molecule has 3 fully saturated rings. The lowest BCUT2D eigenvalue weighted by molar-refractivity contribution is -0.137. The molecule has 2 aliphatic heterocycles. The van der Waals surface area contributed by atoms with Gasteiger partial charge in [0.1, 0.15) is 17.1 Å². The van der Waals surface area contributed by atoms with Gasteiger partial charge in [-0.05, 0) is 33.6 Å². The van der Waals surface area contributed by atoms with Crippen LogP contribution in [0.1, 0.15) is 52.7 Å². The molecule has 3 aliphatic rings. The van der Waals surface area contributed by atoms with E-state index < -0.39 is 31.2 Å². The van der Waals surface area contributed by atoms with Crippen molar-refractivity contribution in [1.82, 2.24) is 19.5 Å². The number of nitrogens with zero attached hydrogens (tertiary/aromatic N) is 5. The van der Waals surface area contributed by atoms with E-state index in [1.54, 1.807) is 18.4 Å². The highest BCUT2D eigenvalue weighted by atomic mass is 31.2. The van der Waals surface area contributed by atoms with Crippen LogP contribution in [0.25, 0.3) is 11.2 Å². The van der Waals surface area contributed by atoms with Crippen molar-refractivity contribution in [2.45, 2.75) is 70.5 Å². The van der Waals surface area contributed by atoms with Gasteiger partial charge in [0.05, 0.1) is 31.7 Å². The van der Waals surface area contributed by atoms with E-state index in [1.807, 2.05) is 6.92 Å². The van der Waals surface area contributed by atoms with Gasteiger partial charge in [-0.15, -0.1) is 0 Å². The molecule has 5 rings (SSSR count). The number of rotatable bonds is 5. The van der Waals surface area contributed by atoms with Crippen LogP contribution in [-0.2, 0) is 22.9 Å². The second-order valence-electron chi connectivity index (χ2n) is 9.04. The van der Waals surface area contributed by atoms with Crippen LogP contribution < -0.4 is 10.5 Å². The van der Waals surface area contributed by atoms with Crippen molar-refractivity contribution < 1.29 is 27.6 Å². The van der Waals surface area contributed by atoms with Gasteiger partial charge in [-0.3, -0.25) is 18.1 Å². The highest BCUT2D eigenvalue weighted by Gasteiger charge is 2.67. The van der Waals surface area contributed by atoms with E-state index in [0.717, 1.165) is 25.7 Å². The fraction of sp³-hybridized carbons (Fsp3) is 0.700. The summed E-state index contributed by atoms with van der Waals surface area (Å²) in [5, 5.41) is 10.3. The number of hydrogen-bond acceptors (Lipinski definition) is 11. The van der Waals surface area contributed by atoms with Crippen molar-refractivity contribution in [3.05, 3.63) is 6.33 Å². The minimum atomic E-state index is -3.87. The van der Waals surface area contributed by atoms with Gasteiger partial charge in [-0.1, -0.05) is 12.8 Å².